The van der Waals surface area contributed by atoms with Crippen molar-refractivity contribution in [3.8, 4) is 0 Å². The Bertz CT molecular complexity index is 739. The summed E-state index contributed by atoms with van der Waals surface area (Å²) >= 11 is 0. The first-order valence-electron chi connectivity index (χ1n) is 8.90. The number of aryl methyl sites for hydroxylation is 1. The number of hydrogen-bond donors (Lipinski definition) is 0. The van der Waals surface area contributed by atoms with Gasteiger partial charge in [-0.2, -0.15) is 0 Å². The summed E-state index contributed by atoms with van der Waals surface area (Å²) in [6.45, 7) is 4.57. The molecule has 1 amide bonds. The highest BCUT2D eigenvalue weighted by atomic mass is 16.2. The Morgan fingerprint density at radius 1 is 1.12 bits per heavy atom. The van der Waals surface area contributed by atoms with Gasteiger partial charge >= 0.3 is 0 Å². The number of carbonyl (C=O) groups is 1. The Morgan fingerprint density at radius 3 is 2.79 bits per heavy atom. The molecule has 5 heteroatoms. The van der Waals surface area contributed by atoms with Gasteiger partial charge in [-0.25, -0.2) is 0 Å². The summed E-state index contributed by atoms with van der Waals surface area (Å²) in [5.74, 6) is 2.25. The zero-order chi connectivity index (χ0) is 16.6. The molecule has 2 aliphatic heterocycles. The van der Waals surface area contributed by atoms with Gasteiger partial charge in [0.25, 0.3) is 0 Å². The molecule has 0 saturated carbocycles. The van der Waals surface area contributed by atoms with Gasteiger partial charge in [0.2, 0.25) is 5.91 Å². The molecule has 1 saturated heterocycles. The van der Waals surface area contributed by atoms with Gasteiger partial charge in [0.05, 0.1) is 6.54 Å². The first-order valence-corrected chi connectivity index (χ1v) is 8.90. The lowest BCUT2D eigenvalue weighted by molar-refractivity contribution is -0.136. The molecular weight excluding hydrogens is 300 g/mol. The van der Waals surface area contributed by atoms with E-state index in [1.807, 2.05) is 11.0 Å². The average molecular weight is 324 g/mol. The van der Waals surface area contributed by atoms with Gasteiger partial charge in [0.15, 0.2) is 5.82 Å². The van der Waals surface area contributed by atoms with Crippen LogP contribution in [0, 0.1) is 0 Å². The van der Waals surface area contributed by atoms with Gasteiger partial charge in [0.1, 0.15) is 5.82 Å². The molecule has 5 nitrogen and oxygen atoms in total. The maximum Gasteiger partial charge on any atom is 0.223 e. The van der Waals surface area contributed by atoms with Crippen molar-refractivity contribution in [1.29, 1.82) is 0 Å². The highest BCUT2D eigenvalue weighted by molar-refractivity contribution is 5.77. The summed E-state index contributed by atoms with van der Waals surface area (Å²) in [4.78, 5) is 14.5. The highest BCUT2D eigenvalue weighted by Crippen LogP contribution is 2.34. The van der Waals surface area contributed by atoms with Gasteiger partial charge in [0, 0.05) is 31.3 Å². The first kappa shape index (κ1) is 15.4. The van der Waals surface area contributed by atoms with E-state index in [2.05, 4.69) is 46.0 Å². The predicted molar refractivity (Wildman–Crippen MR) is 91.4 cm³/mol. The molecule has 1 aromatic heterocycles. The lowest BCUT2D eigenvalue weighted by Crippen LogP contribution is -2.47. The van der Waals surface area contributed by atoms with Crippen LogP contribution in [0.2, 0.25) is 0 Å². The number of aromatic nitrogens is 3. The Morgan fingerprint density at radius 2 is 1.96 bits per heavy atom. The molecule has 0 spiro atoms. The normalized spacial score (nSPS) is 24.0. The van der Waals surface area contributed by atoms with Crippen LogP contribution >= 0.6 is 0 Å². The Hall–Kier alpha value is -2.17. The molecule has 2 aromatic rings. The van der Waals surface area contributed by atoms with E-state index >= 15 is 0 Å². The van der Waals surface area contributed by atoms with E-state index in [4.69, 9.17) is 0 Å². The number of nitrogens with zero attached hydrogens (tertiary/aromatic N) is 4. The molecule has 2 aliphatic rings. The quantitative estimate of drug-likeness (QED) is 0.872. The third-order valence-corrected chi connectivity index (χ3v) is 5.52. The molecule has 0 bridgehead atoms. The fourth-order valence-electron chi connectivity index (χ4n) is 4.01. The largest absolute Gasteiger partial charge is 0.334 e. The molecule has 1 atom stereocenters. The lowest BCUT2D eigenvalue weighted by atomic mass is 9.75. The molecule has 1 fully saturated rings. The molecule has 1 aromatic carbocycles. The summed E-state index contributed by atoms with van der Waals surface area (Å²) in [6.07, 6.45) is 4.87. The van der Waals surface area contributed by atoms with Crippen molar-refractivity contribution in [3.63, 3.8) is 0 Å². The van der Waals surface area contributed by atoms with Crippen molar-refractivity contribution in [2.75, 3.05) is 6.54 Å². The molecular formula is C19H24N4O. The van der Waals surface area contributed by atoms with E-state index in [0.717, 1.165) is 37.6 Å². The van der Waals surface area contributed by atoms with Crippen LogP contribution < -0.4 is 0 Å². The van der Waals surface area contributed by atoms with Gasteiger partial charge in [-0.3, -0.25) is 4.79 Å². The minimum Gasteiger partial charge on any atom is -0.334 e. The van der Waals surface area contributed by atoms with Crippen molar-refractivity contribution in [2.45, 2.75) is 57.5 Å². The number of carbonyl (C=O) groups excluding carboxylic acids is 1. The molecule has 1 unspecified atom stereocenters. The lowest BCUT2D eigenvalue weighted by Gasteiger charge is -2.40. The smallest absolute Gasteiger partial charge is 0.223 e. The Balaban J connectivity index is 1.56. The van der Waals surface area contributed by atoms with Gasteiger partial charge in [-0.05, 0) is 24.8 Å². The van der Waals surface area contributed by atoms with Gasteiger partial charge < -0.3 is 9.47 Å². The second-order valence-electron chi connectivity index (χ2n) is 7.32. The van der Waals surface area contributed by atoms with Crippen LogP contribution in [0.4, 0.5) is 0 Å². The molecule has 0 aliphatic carbocycles. The van der Waals surface area contributed by atoms with Crippen molar-refractivity contribution < 1.29 is 4.79 Å². The number of piperidine rings is 1. The van der Waals surface area contributed by atoms with Crippen molar-refractivity contribution >= 4 is 5.91 Å². The van der Waals surface area contributed by atoms with E-state index < -0.39 is 0 Å². The van der Waals surface area contributed by atoms with Crippen LogP contribution in [0.3, 0.4) is 0 Å². The van der Waals surface area contributed by atoms with Crippen LogP contribution in [0.1, 0.15) is 49.8 Å². The van der Waals surface area contributed by atoms with Crippen LogP contribution in [0.5, 0.6) is 0 Å². The number of rotatable bonds is 3. The van der Waals surface area contributed by atoms with Crippen molar-refractivity contribution in [1.82, 2.24) is 19.7 Å². The summed E-state index contributed by atoms with van der Waals surface area (Å²) in [6, 6.07) is 10.5. The summed E-state index contributed by atoms with van der Waals surface area (Å²) < 4.78 is 2.21. The fourth-order valence-corrected chi connectivity index (χ4v) is 4.01. The van der Waals surface area contributed by atoms with Crippen LogP contribution in [-0.4, -0.2) is 32.1 Å². The number of amides is 1. The number of benzene rings is 1. The summed E-state index contributed by atoms with van der Waals surface area (Å²) in [5.41, 5.74) is 1.32. The maximum absolute atomic E-state index is 12.5. The molecule has 3 heterocycles. The zero-order valence-corrected chi connectivity index (χ0v) is 14.2. The standard InChI is InChI=1S/C19H24N4O/c1-19(15-7-3-2-4-8-15)11-10-18(24)22(14-19)13-17-21-20-16-9-5-6-12-23(16)17/h2-4,7-8H,5-6,9-14H2,1H3. The molecule has 4 rings (SSSR count). The monoisotopic (exact) mass is 324 g/mol. The van der Waals surface area contributed by atoms with Crippen LogP contribution in [0.25, 0.3) is 0 Å². The maximum atomic E-state index is 12.5. The Labute approximate surface area is 142 Å². The SMILES string of the molecule is CC1(c2ccccc2)CCC(=O)N(Cc2nnc3n2CCCC3)C1. The first-order chi connectivity index (χ1) is 11.7. The van der Waals surface area contributed by atoms with E-state index in [1.54, 1.807) is 0 Å². The topological polar surface area (TPSA) is 51.0 Å². The molecule has 0 N–H and O–H groups in total. The molecule has 24 heavy (non-hydrogen) atoms. The number of fused-ring (bicyclic) bond motifs is 1. The highest BCUT2D eigenvalue weighted by Gasteiger charge is 2.36. The second kappa shape index (κ2) is 6.04. The van der Waals surface area contributed by atoms with Gasteiger partial charge in [-0.15, -0.1) is 10.2 Å². The molecule has 126 valence electrons. The van der Waals surface area contributed by atoms with E-state index in [9.17, 15) is 4.79 Å². The predicted octanol–water partition coefficient (Wildman–Crippen LogP) is 2.69. The minimum atomic E-state index is 0.0138. The fraction of sp³-hybridized carbons (Fsp3) is 0.526. The number of hydrogen-bond acceptors (Lipinski definition) is 3. The zero-order valence-electron chi connectivity index (χ0n) is 14.2. The van der Waals surface area contributed by atoms with Crippen molar-refractivity contribution in [3.05, 3.63) is 47.5 Å². The second-order valence-corrected chi connectivity index (χ2v) is 7.32. The minimum absolute atomic E-state index is 0.0138. The van der Waals surface area contributed by atoms with Crippen LogP contribution in [-0.2, 0) is 29.7 Å². The van der Waals surface area contributed by atoms with Gasteiger partial charge in [-0.1, -0.05) is 37.3 Å². The molecule has 0 radical (unpaired) electrons. The van der Waals surface area contributed by atoms with E-state index in [1.165, 1.54) is 18.4 Å². The van der Waals surface area contributed by atoms with Crippen molar-refractivity contribution in [2.24, 2.45) is 0 Å². The third-order valence-electron chi connectivity index (χ3n) is 5.52. The number of likely N-dealkylation sites (tertiary alicyclic amines) is 1. The van der Waals surface area contributed by atoms with Crippen LogP contribution in [0.15, 0.2) is 30.3 Å². The third kappa shape index (κ3) is 2.72. The summed E-state index contributed by atoms with van der Waals surface area (Å²) in [7, 11) is 0. The average Bonchev–Trinajstić information content (AvgIpc) is 3.02. The van der Waals surface area contributed by atoms with E-state index in [-0.39, 0.29) is 11.3 Å². The Kier molecular flexibility index (Phi) is 3.87. The summed E-state index contributed by atoms with van der Waals surface area (Å²) in [5, 5.41) is 8.68. The van der Waals surface area contributed by atoms with E-state index in [0.29, 0.717) is 13.0 Å².